The van der Waals surface area contributed by atoms with Crippen molar-refractivity contribution in [3.05, 3.63) is 53.1 Å². The van der Waals surface area contributed by atoms with Crippen molar-refractivity contribution in [2.75, 3.05) is 14.2 Å². The number of hydrogen-bond acceptors (Lipinski definition) is 7. The van der Waals surface area contributed by atoms with E-state index in [-0.39, 0.29) is 28.4 Å². The normalized spacial score (nSPS) is 9.25. The van der Waals surface area contributed by atoms with Crippen molar-refractivity contribution in [3.63, 3.8) is 0 Å². The van der Waals surface area contributed by atoms with Gasteiger partial charge in [0.1, 0.15) is 12.0 Å². The Balaban J connectivity index is 0.000000243. The number of esters is 1. The van der Waals surface area contributed by atoms with Crippen molar-refractivity contribution in [2.45, 2.75) is 0 Å². The van der Waals surface area contributed by atoms with E-state index >= 15 is 0 Å². The summed E-state index contributed by atoms with van der Waals surface area (Å²) < 4.78 is 9.21. The molecule has 0 fully saturated rings. The first-order valence-corrected chi connectivity index (χ1v) is 6.65. The first-order chi connectivity index (χ1) is 11.5. The van der Waals surface area contributed by atoms with E-state index in [2.05, 4.69) is 4.74 Å². The van der Waals surface area contributed by atoms with Gasteiger partial charge in [-0.2, -0.15) is 0 Å². The molecule has 0 saturated carbocycles. The van der Waals surface area contributed by atoms with Gasteiger partial charge in [0.05, 0.1) is 25.3 Å². The second kappa shape index (κ2) is 8.94. The lowest BCUT2D eigenvalue weighted by molar-refractivity contribution is 0.0600. The van der Waals surface area contributed by atoms with Gasteiger partial charge in [-0.15, -0.1) is 0 Å². The second-order valence-electron chi connectivity index (χ2n) is 4.44. The molecular formula is C17H16O7. The van der Waals surface area contributed by atoms with E-state index in [4.69, 9.17) is 14.9 Å². The number of rotatable bonds is 4. The minimum atomic E-state index is -0.584. The number of carbonyl (C=O) groups is 3. The second-order valence-corrected chi connectivity index (χ2v) is 4.44. The number of benzene rings is 2. The first-order valence-electron chi connectivity index (χ1n) is 6.65. The zero-order valence-electron chi connectivity index (χ0n) is 13.1. The van der Waals surface area contributed by atoms with E-state index < -0.39 is 5.97 Å². The van der Waals surface area contributed by atoms with Crippen LogP contribution in [0.15, 0.2) is 36.4 Å². The van der Waals surface area contributed by atoms with Gasteiger partial charge >= 0.3 is 5.97 Å². The van der Waals surface area contributed by atoms with Crippen LogP contribution >= 0.6 is 0 Å². The Hall–Kier alpha value is -3.35. The predicted molar refractivity (Wildman–Crippen MR) is 84.9 cm³/mol. The Kier molecular flexibility index (Phi) is 6.97. The largest absolute Gasteiger partial charge is 0.508 e. The molecule has 0 amide bonds. The van der Waals surface area contributed by atoms with Crippen LogP contribution in [0, 0.1) is 0 Å². The van der Waals surface area contributed by atoms with Crippen LogP contribution in [0.3, 0.4) is 0 Å². The summed E-state index contributed by atoms with van der Waals surface area (Å²) in [6, 6.07) is 8.47. The van der Waals surface area contributed by atoms with Crippen molar-refractivity contribution >= 4 is 18.5 Å². The molecule has 0 spiro atoms. The van der Waals surface area contributed by atoms with Crippen LogP contribution in [0.1, 0.15) is 31.1 Å². The fraction of sp³-hybridized carbons (Fsp3) is 0.118. The Morgan fingerprint density at radius 2 is 1.75 bits per heavy atom. The third kappa shape index (κ3) is 4.84. The van der Waals surface area contributed by atoms with Crippen molar-refractivity contribution in [1.82, 2.24) is 0 Å². The molecule has 0 aromatic heterocycles. The van der Waals surface area contributed by atoms with Crippen molar-refractivity contribution in [3.8, 4) is 17.2 Å². The number of aldehydes is 2. The van der Waals surface area contributed by atoms with E-state index in [0.717, 1.165) is 0 Å². The highest BCUT2D eigenvalue weighted by molar-refractivity contribution is 5.92. The molecule has 0 aliphatic heterocycles. The summed E-state index contributed by atoms with van der Waals surface area (Å²) in [5, 5.41) is 18.2. The van der Waals surface area contributed by atoms with Crippen molar-refractivity contribution in [1.29, 1.82) is 0 Å². The van der Waals surface area contributed by atoms with Gasteiger partial charge in [0.2, 0.25) is 0 Å². The molecule has 0 radical (unpaired) electrons. The third-order valence-corrected chi connectivity index (χ3v) is 2.85. The predicted octanol–water partition coefficient (Wildman–Crippen LogP) is 2.20. The van der Waals surface area contributed by atoms with Crippen LogP contribution < -0.4 is 4.74 Å². The Bertz CT molecular complexity index is 738. The highest BCUT2D eigenvalue weighted by Gasteiger charge is 2.07. The summed E-state index contributed by atoms with van der Waals surface area (Å²) in [6.07, 6.45) is 1.19. The van der Waals surface area contributed by atoms with Gasteiger partial charge in [-0.05, 0) is 30.3 Å². The van der Waals surface area contributed by atoms with Gasteiger partial charge < -0.3 is 19.7 Å². The number of para-hydroxylation sites is 1. The van der Waals surface area contributed by atoms with Crippen LogP contribution in [-0.4, -0.2) is 43.0 Å². The van der Waals surface area contributed by atoms with Crippen LogP contribution in [0.25, 0.3) is 0 Å². The standard InChI is InChI=1S/C9H8O4.C8H8O3/c1-13-9(12)7-2-6(5-10)3-8(11)4-7;1-11-8-6(5-9)3-2-4-7(8)10/h2-5,11H,1H3;2-5,10H,1H3. The Labute approximate surface area is 138 Å². The van der Waals surface area contributed by atoms with Gasteiger partial charge in [0, 0.05) is 5.56 Å². The molecule has 0 aliphatic carbocycles. The number of methoxy groups -OCH3 is 2. The molecular weight excluding hydrogens is 316 g/mol. The summed E-state index contributed by atoms with van der Waals surface area (Å²) in [5.74, 6) is -0.511. The molecule has 0 aliphatic rings. The number of carbonyl (C=O) groups excluding carboxylic acids is 3. The third-order valence-electron chi connectivity index (χ3n) is 2.85. The molecule has 24 heavy (non-hydrogen) atoms. The van der Waals surface area contributed by atoms with E-state index in [1.54, 1.807) is 12.1 Å². The lowest BCUT2D eigenvalue weighted by Crippen LogP contribution is -2.01. The maximum Gasteiger partial charge on any atom is 0.338 e. The van der Waals surface area contributed by atoms with Crippen molar-refractivity contribution in [2.24, 2.45) is 0 Å². The van der Waals surface area contributed by atoms with E-state index in [1.807, 2.05) is 0 Å². The highest BCUT2D eigenvalue weighted by atomic mass is 16.5. The van der Waals surface area contributed by atoms with E-state index in [1.165, 1.54) is 38.5 Å². The molecule has 0 saturated heterocycles. The monoisotopic (exact) mass is 332 g/mol. The maximum atomic E-state index is 11.0. The van der Waals surface area contributed by atoms with E-state index in [9.17, 15) is 14.4 Å². The molecule has 0 atom stereocenters. The van der Waals surface area contributed by atoms with Crippen LogP contribution in [0.4, 0.5) is 0 Å². The average molecular weight is 332 g/mol. The molecule has 2 aromatic rings. The average Bonchev–Trinajstić information content (AvgIpc) is 2.60. The zero-order valence-corrected chi connectivity index (χ0v) is 13.1. The quantitative estimate of drug-likeness (QED) is 0.652. The number of phenols is 2. The lowest BCUT2D eigenvalue weighted by Gasteiger charge is -2.03. The summed E-state index contributed by atoms with van der Waals surface area (Å²) >= 11 is 0. The van der Waals surface area contributed by atoms with Gasteiger partial charge in [0.25, 0.3) is 0 Å². The lowest BCUT2D eigenvalue weighted by atomic mass is 10.1. The highest BCUT2D eigenvalue weighted by Crippen LogP contribution is 2.27. The Morgan fingerprint density at radius 1 is 1.04 bits per heavy atom. The smallest absolute Gasteiger partial charge is 0.338 e. The number of hydrogen-bond donors (Lipinski definition) is 2. The van der Waals surface area contributed by atoms with E-state index in [0.29, 0.717) is 18.1 Å². The molecule has 126 valence electrons. The number of ether oxygens (including phenoxy) is 2. The number of aromatic hydroxyl groups is 2. The number of phenolic OH excluding ortho intramolecular Hbond substituents is 2. The molecule has 0 unspecified atom stereocenters. The van der Waals surface area contributed by atoms with Crippen molar-refractivity contribution < 1.29 is 34.1 Å². The SMILES string of the molecule is COC(=O)c1cc(O)cc(C=O)c1.COc1c(O)cccc1C=O. The zero-order chi connectivity index (χ0) is 18.1. The van der Waals surface area contributed by atoms with Gasteiger partial charge in [-0.1, -0.05) is 6.07 Å². The molecule has 0 bridgehead atoms. The topological polar surface area (TPSA) is 110 Å². The van der Waals surface area contributed by atoms with Gasteiger partial charge in [-0.3, -0.25) is 9.59 Å². The van der Waals surface area contributed by atoms with Crippen LogP contribution in [0.5, 0.6) is 17.2 Å². The van der Waals surface area contributed by atoms with Crippen LogP contribution in [-0.2, 0) is 4.74 Å². The maximum absolute atomic E-state index is 11.0. The summed E-state index contributed by atoms with van der Waals surface area (Å²) in [6.45, 7) is 0. The van der Waals surface area contributed by atoms with Crippen LogP contribution in [0.2, 0.25) is 0 Å². The molecule has 2 rings (SSSR count). The molecule has 7 heteroatoms. The minimum absolute atomic E-state index is 0.0166. The Morgan fingerprint density at radius 3 is 2.25 bits per heavy atom. The summed E-state index contributed by atoms with van der Waals surface area (Å²) in [4.78, 5) is 31.7. The van der Waals surface area contributed by atoms with Gasteiger partial charge in [-0.25, -0.2) is 4.79 Å². The molecule has 2 N–H and O–H groups in total. The minimum Gasteiger partial charge on any atom is -0.508 e. The molecule has 0 heterocycles. The molecule has 2 aromatic carbocycles. The first kappa shape index (κ1) is 18.7. The fourth-order valence-corrected chi connectivity index (χ4v) is 1.80. The summed E-state index contributed by atoms with van der Waals surface area (Å²) in [7, 11) is 2.63. The fourth-order valence-electron chi connectivity index (χ4n) is 1.80. The summed E-state index contributed by atoms with van der Waals surface area (Å²) in [5.41, 5.74) is 0.748. The van der Waals surface area contributed by atoms with Gasteiger partial charge in [0.15, 0.2) is 17.8 Å². The molecule has 7 nitrogen and oxygen atoms in total.